The van der Waals surface area contributed by atoms with Gasteiger partial charge in [0.1, 0.15) is 11.3 Å². The average Bonchev–Trinajstić information content (AvgIpc) is 3.34. The van der Waals surface area contributed by atoms with E-state index in [1.807, 2.05) is 51.1 Å². The van der Waals surface area contributed by atoms with Gasteiger partial charge in [0.15, 0.2) is 0 Å². The summed E-state index contributed by atoms with van der Waals surface area (Å²) < 4.78 is 5.47. The third kappa shape index (κ3) is 7.14. The second-order valence-electron chi connectivity index (χ2n) is 11.3. The van der Waals surface area contributed by atoms with Gasteiger partial charge >= 0.3 is 6.09 Å². The fourth-order valence-corrected chi connectivity index (χ4v) is 5.07. The number of aromatic amines is 1. The average molecular weight is 569 g/mol. The summed E-state index contributed by atoms with van der Waals surface area (Å²) in [6.07, 6.45) is 1.01. The number of carbonyl (C=O) groups excluding carboxylic acids is 3. The third-order valence-corrected chi connectivity index (χ3v) is 7.34. The largest absolute Gasteiger partial charge is 0.444 e. The number of hydrogen-bond acceptors (Lipinski definition) is 5. The molecule has 2 heterocycles. The van der Waals surface area contributed by atoms with E-state index in [1.165, 1.54) is 4.90 Å². The van der Waals surface area contributed by atoms with Gasteiger partial charge in [-0.15, -0.1) is 0 Å². The normalized spacial score (nSPS) is 15.9. The van der Waals surface area contributed by atoms with Crippen molar-refractivity contribution in [1.82, 2.24) is 20.1 Å². The Labute approximate surface area is 239 Å². The van der Waals surface area contributed by atoms with Gasteiger partial charge in [0.25, 0.3) is 11.8 Å². The lowest BCUT2D eigenvalue weighted by atomic mass is 9.98. The van der Waals surface area contributed by atoms with Crippen molar-refractivity contribution < 1.29 is 24.2 Å². The molecule has 4 rings (SSSR count). The van der Waals surface area contributed by atoms with Gasteiger partial charge in [-0.25, -0.2) is 4.79 Å². The highest BCUT2D eigenvalue weighted by Crippen LogP contribution is 2.24. The van der Waals surface area contributed by atoms with Crippen molar-refractivity contribution in [1.29, 1.82) is 0 Å². The van der Waals surface area contributed by atoms with Gasteiger partial charge in [0.2, 0.25) is 5.72 Å². The van der Waals surface area contributed by atoms with E-state index in [4.69, 9.17) is 16.3 Å². The summed E-state index contributed by atoms with van der Waals surface area (Å²) in [5.41, 5.74) is -0.903. The molecule has 2 aromatic carbocycles. The van der Waals surface area contributed by atoms with E-state index in [2.05, 4.69) is 10.3 Å². The van der Waals surface area contributed by atoms with Crippen LogP contribution in [0, 0.1) is 0 Å². The number of likely N-dealkylation sites (tertiary alicyclic amines) is 1. The van der Waals surface area contributed by atoms with E-state index < -0.39 is 23.1 Å². The summed E-state index contributed by atoms with van der Waals surface area (Å²) in [7, 11) is 1.63. The summed E-state index contributed by atoms with van der Waals surface area (Å²) in [6, 6.07) is 16.1. The molecule has 0 bridgehead atoms. The molecule has 1 aliphatic heterocycles. The molecular weight excluding hydrogens is 532 g/mol. The zero-order chi connectivity index (χ0) is 29.1. The van der Waals surface area contributed by atoms with E-state index in [1.54, 1.807) is 36.2 Å². The number of rotatable bonds is 7. The lowest BCUT2D eigenvalue weighted by molar-refractivity contribution is -0.156. The molecule has 1 saturated heterocycles. The molecule has 9 nitrogen and oxygen atoms in total. The number of hydrogen-bond donors (Lipinski definition) is 3. The monoisotopic (exact) mass is 568 g/mol. The lowest BCUT2D eigenvalue weighted by Gasteiger charge is -2.40. The Morgan fingerprint density at radius 2 is 1.77 bits per heavy atom. The van der Waals surface area contributed by atoms with Crippen LogP contribution < -0.4 is 5.32 Å². The number of ether oxygens (including phenoxy) is 1. The van der Waals surface area contributed by atoms with E-state index in [9.17, 15) is 19.5 Å². The summed E-state index contributed by atoms with van der Waals surface area (Å²) in [6.45, 7) is 6.30. The van der Waals surface area contributed by atoms with E-state index >= 15 is 0 Å². The van der Waals surface area contributed by atoms with Crippen molar-refractivity contribution in [2.24, 2.45) is 0 Å². The zero-order valence-electron chi connectivity index (χ0n) is 23.4. The van der Waals surface area contributed by atoms with Crippen molar-refractivity contribution in [3.63, 3.8) is 0 Å². The van der Waals surface area contributed by atoms with Crippen LogP contribution in [0.2, 0.25) is 5.02 Å². The molecule has 1 aliphatic rings. The first-order chi connectivity index (χ1) is 18.8. The van der Waals surface area contributed by atoms with E-state index in [0.29, 0.717) is 42.9 Å². The minimum absolute atomic E-state index is 0.0191. The molecule has 0 spiro atoms. The number of piperidine rings is 1. The smallest absolute Gasteiger partial charge is 0.410 e. The first-order valence-corrected chi connectivity index (χ1v) is 13.8. The van der Waals surface area contributed by atoms with Crippen molar-refractivity contribution in [3.8, 4) is 0 Å². The Kier molecular flexibility index (Phi) is 8.75. The first kappa shape index (κ1) is 29.4. The van der Waals surface area contributed by atoms with Crippen LogP contribution in [0.5, 0.6) is 0 Å². The molecule has 10 heteroatoms. The highest BCUT2D eigenvalue weighted by molar-refractivity contribution is 6.31. The summed E-state index contributed by atoms with van der Waals surface area (Å²) in [5.74, 6) is -1.21. The number of aryl methyl sites for hydroxylation is 1. The number of carbonyl (C=O) groups is 3. The van der Waals surface area contributed by atoms with Gasteiger partial charge in [-0.2, -0.15) is 0 Å². The number of nitrogens with one attached hydrogen (secondary N) is 2. The standard InChI is InChI=1S/C30H37ClN4O5/c1-29(2,3)40-28(38)35-16-13-23(14-17-35)34(4)27(37)30(39,15-12-20-8-6-5-7-9-20)33-26(36)25-19-21-18-22(31)10-11-24(21)32-25/h5-11,18-19,23,32,39H,12-17H2,1-4H3,(H,33,36)/t30-/m1/s1. The Balaban J connectivity index is 1.49. The maximum absolute atomic E-state index is 13.8. The minimum Gasteiger partial charge on any atom is -0.444 e. The van der Waals surface area contributed by atoms with Crippen molar-refractivity contribution >= 4 is 40.4 Å². The number of aromatic nitrogens is 1. The van der Waals surface area contributed by atoms with Gasteiger partial charge < -0.3 is 29.9 Å². The molecule has 1 fully saturated rings. The minimum atomic E-state index is -2.15. The Hall–Kier alpha value is -3.56. The van der Waals surface area contributed by atoms with Crippen molar-refractivity contribution in [2.45, 2.75) is 63.8 Å². The van der Waals surface area contributed by atoms with Crippen LogP contribution in [0.15, 0.2) is 54.6 Å². The molecule has 1 aromatic heterocycles. The summed E-state index contributed by atoms with van der Waals surface area (Å²) >= 11 is 6.08. The maximum Gasteiger partial charge on any atom is 0.410 e. The number of halogens is 1. The SMILES string of the molecule is CN(C(=O)[C@](O)(CCc1ccccc1)NC(=O)c1cc2cc(Cl)ccc2[nH]1)C1CCN(C(=O)OC(C)(C)C)CC1. The van der Waals surface area contributed by atoms with E-state index in [0.717, 1.165) is 10.9 Å². The molecule has 214 valence electrons. The van der Waals surface area contributed by atoms with Crippen LogP contribution in [0.25, 0.3) is 10.9 Å². The van der Waals surface area contributed by atoms with E-state index in [-0.39, 0.29) is 24.2 Å². The molecule has 0 saturated carbocycles. The first-order valence-electron chi connectivity index (χ1n) is 13.5. The van der Waals surface area contributed by atoms with Gasteiger partial charge in [-0.05, 0) is 69.9 Å². The molecule has 1 atom stereocenters. The second-order valence-corrected chi connectivity index (χ2v) is 11.8. The number of fused-ring (bicyclic) bond motifs is 1. The maximum atomic E-state index is 13.8. The second kappa shape index (κ2) is 11.9. The molecule has 3 aromatic rings. The highest BCUT2D eigenvalue weighted by Gasteiger charge is 2.42. The van der Waals surface area contributed by atoms with Gasteiger partial charge in [0.05, 0.1) is 0 Å². The van der Waals surface area contributed by atoms with Gasteiger partial charge in [0, 0.05) is 48.5 Å². The number of likely N-dealkylation sites (N-methyl/N-ethyl adjacent to an activating group) is 1. The molecule has 0 radical (unpaired) electrons. The Morgan fingerprint density at radius 1 is 1.10 bits per heavy atom. The lowest BCUT2D eigenvalue weighted by Crippen LogP contribution is -2.62. The number of amides is 3. The fourth-order valence-electron chi connectivity index (χ4n) is 4.89. The molecular formula is C30H37ClN4O5. The third-order valence-electron chi connectivity index (χ3n) is 7.10. The van der Waals surface area contributed by atoms with Crippen LogP contribution in [-0.2, 0) is 16.0 Å². The number of nitrogens with zero attached hydrogens (tertiary/aromatic N) is 2. The van der Waals surface area contributed by atoms with Gasteiger partial charge in [-0.3, -0.25) is 9.59 Å². The molecule has 3 N–H and O–H groups in total. The van der Waals surface area contributed by atoms with Crippen LogP contribution in [0.4, 0.5) is 4.79 Å². The van der Waals surface area contributed by atoms with Crippen molar-refractivity contribution in [2.75, 3.05) is 20.1 Å². The molecule has 3 amide bonds. The van der Waals surface area contributed by atoms with Crippen LogP contribution in [0.3, 0.4) is 0 Å². The summed E-state index contributed by atoms with van der Waals surface area (Å²) in [4.78, 5) is 45.7. The quantitative estimate of drug-likeness (QED) is 0.356. The number of benzene rings is 2. The zero-order valence-corrected chi connectivity index (χ0v) is 24.1. The Morgan fingerprint density at radius 3 is 2.42 bits per heavy atom. The van der Waals surface area contributed by atoms with Crippen LogP contribution in [0.1, 0.15) is 56.1 Å². The van der Waals surface area contributed by atoms with Gasteiger partial charge in [-0.1, -0.05) is 41.9 Å². The molecule has 40 heavy (non-hydrogen) atoms. The molecule has 0 aliphatic carbocycles. The highest BCUT2D eigenvalue weighted by atomic mass is 35.5. The van der Waals surface area contributed by atoms with Crippen LogP contribution >= 0.6 is 11.6 Å². The predicted octanol–water partition coefficient (Wildman–Crippen LogP) is 4.73. The Bertz CT molecular complexity index is 1360. The van der Waals surface area contributed by atoms with Crippen molar-refractivity contribution in [3.05, 3.63) is 70.9 Å². The van der Waals surface area contributed by atoms with Crippen LogP contribution in [-0.4, -0.2) is 75.3 Å². The number of H-pyrrole nitrogens is 1. The molecule has 0 unspecified atom stereocenters. The number of aliphatic hydroxyl groups is 1. The predicted molar refractivity (Wildman–Crippen MR) is 154 cm³/mol. The topological polar surface area (TPSA) is 115 Å². The fraction of sp³-hybridized carbons (Fsp3) is 0.433. The summed E-state index contributed by atoms with van der Waals surface area (Å²) in [5, 5.41) is 15.6.